The zero-order chi connectivity index (χ0) is 14.5. The molecule has 0 spiro atoms. The number of nitrogens with one attached hydrogen (secondary N) is 1. The number of nitriles is 1. The summed E-state index contributed by atoms with van der Waals surface area (Å²) in [5.41, 5.74) is 1.58. The van der Waals surface area contributed by atoms with Crippen LogP contribution in [0, 0.1) is 11.3 Å². The van der Waals surface area contributed by atoms with Crippen molar-refractivity contribution in [1.29, 1.82) is 5.26 Å². The first-order valence-corrected chi connectivity index (χ1v) is 6.47. The van der Waals surface area contributed by atoms with Gasteiger partial charge in [0.1, 0.15) is 11.8 Å². The summed E-state index contributed by atoms with van der Waals surface area (Å²) in [5.74, 6) is 0.0547. The van der Waals surface area contributed by atoms with E-state index in [1.54, 1.807) is 36.4 Å². The Morgan fingerprint density at radius 2 is 1.75 bits per heavy atom. The number of hydrogen-bond acceptors (Lipinski definition) is 3. The minimum absolute atomic E-state index is 0.0547. The van der Waals surface area contributed by atoms with Gasteiger partial charge in [-0.05, 0) is 35.9 Å². The molecule has 0 aliphatic rings. The fourth-order valence-electron chi connectivity index (χ4n) is 1.58. The van der Waals surface area contributed by atoms with Crippen LogP contribution in [0.5, 0.6) is 5.75 Å². The Kier molecular flexibility index (Phi) is 4.52. The number of phenols is 1. The van der Waals surface area contributed by atoms with Crippen LogP contribution in [-0.2, 0) is 0 Å². The maximum atomic E-state index is 9.68. The van der Waals surface area contributed by atoms with Gasteiger partial charge in [-0.1, -0.05) is 35.3 Å². The smallest absolute Gasteiger partial charge is 0.139 e. The van der Waals surface area contributed by atoms with Gasteiger partial charge in [-0.2, -0.15) is 5.26 Å². The van der Waals surface area contributed by atoms with Gasteiger partial charge in [0, 0.05) is 16.2 Å². The van der Waals surface area contributed by atoms with E-state index in [0.717, 1.165) is 5.56 Å². The Bertz CT molecular complexity index is 688. The fourth-order valence-corrected chi connectivity index (χ4v) is 1.88. The van der Waals surface area contributed by atoms with Gasteiger partial charge in [0.15, 0.2) is 0 Å². The minimum atomic E-state index is 0.0547. The number of halogens is 2. The lowest BCUT2D eigenvalue weighted by Crippen LogP contribution is -1.91. The standard InChI is InChI=1S/C15H10Cl2N2O/c16-12-3-1-10(2-4-12)11(8-18)9-19-14-7-13(17)5-6-15(14)20/h1-7,9,19-20H/b11-9-. The number of nitrogens with zero attached hydrogens (tertiary/aromatic N) is 1. The van der Waals surface area contributed by atoms with E-state index in [-0.39, 0.29) is 5.75 Å². The number of phenolic OH excluding ortho intramolecular Hbond substituents is 1. The summed E-state index contributed by atoms with van der Waals surface area (Å²) in [4.78, 5) is 0. The molecule has 0 saturated carbocycles. The van der Waals surface area contributed by atoms with E-state index in [0.29, 0.717) is 21.3 Å². The molecule has 0 saturated heterocycles. The lowest BCUT2D eigenvalue weighted by Gasteiger charge is -2.06. The lowest BCUT2D eigenvalue weighted by atomic mass is 10.1. The molecule has 0 aromatic heterocycles. The summed E-state index contributed by atoms with van der Waals surface area (Å²) in [6, 6.07) is 13.6. The van der Waals surface area contributed by atoms with Gasteiger partial charge in [-0.15, -0.1) is 0 Å². The number of benzene rings is 2. The van der Waals surface area contributed by atoms with Gasteiger partial charge in [-0.3, -0.25) is 0 Å². The van der Waals surface area contributed by atoms with Crippen molar-refractivity contribution in [1.82, 2.24) is 0 Å². The summed E-state index contributed by atoms with van der Waals surface area (Å²) < 4.78 is 0. The maximum absolute atomic E-state index is 9.68. The van der Waals surface area contributed by atoms with E-state index in [1.165, 1.54) is 12.3 Å². The molecule has 20 heavy (non-hydrogen) atoms. The topological polar surface area (TPSA) is 56.0 Å². The second kappa shape index (κ2) is 6.33. The Morgan fingerprint density at radius 1 is 1.10 bits per heavy atom. The van der Waals surface area contributed by atoms with Crippen LogP contribution in [0.2, 0.25) is 10.0 Å². The molecule has 0 heterocycles. The third kappa shape index (κ3) is 3.45. The van der Waals surface area contributed by atoms with Crippen LogP contribution >= 0.6 is 23.2 Å². The van der Waals surface area contributed by atoms with Gasteiger partial charge in [0.25, 0.3) is 0 Å². The highest BCUT2D eigenvalue weighted by Crippen LogP contribution is 2.27. The number of anilines is 1. The molecule has 2 aromatic carbocycles. The fraction of sp³-hybridized carbons (Fsp3) is 0. The molecular weight excluding hydrogens is 295 g/mol. The Hall–Kier alpha value is -2.15. The molecule has 0 bridgehead atoms. The van der Waals surface area contributed by atoms with Crippen molar-refractivity contribution in [3.8, 4) is 11.8 Å². The highest BCUT2D eigenvalue weighted by Gasteiger charge is 2.03. The van der Waals surface area contributed by atoms with Crippen molar-refractivity contribution in [2.45, 2.75) is 0 Å². The molecule has 0 aliphatic heterocycles. The summed E-state index contributed by atoms with van der Waals surface area (Å²) in [6.07, 6.45) is 1.51. The molecular formula is C15H10Cl2N2O. The van der Waals surface area contributed by atoms with E-state index >= 15 is 0 Å². The number of aromatic hydroxyl groups is 1. The van der Waals surface area contributed by atoms with E-state index < -0.39 is 0 Å². The largest absolute Gasteiger partial charge is 0.506 e. The van der Waals surface area contributed by atoms with Gasteiger partial charge >= 0.3 is 0 Å². The Morgan fingerprint density at radius 3 is 2.40 bits per heavy atom. The summed E-state index contributed by atoms with van der Waals surface area (Å²) in [5, 5.41) is 22.8. The van der Waals surface area contributed by atoms with Crippen molar-refractivity contribution >= 4 is 34.5 Å². The van der Waals surface area contributed by atoms with Gasteiger partial charge in [0.05, 0.1) is 11.3 Å². The van der Waals surface area contributed by atoms with E-state index in [4.69, 9.17) is 23.2 Å². The normalized spacial score (nSPS) is 10.9. The highest BCUT2D eigenvalue weighted by atomic mass is 35.5. The van der Waals surface area contributed by atoms with Crippen molar-refractivity contribution in [3.05, 3.63) is 64.3 Å². The SMILES string of the molecule is N#C/C(=C/Nc1cc(Cl)ccc1O)c1ccc(Cl)cc1. The molecule has 2 rings (SSSR count). The molecule has 0 aliphatic carbocycles. The summed E-state index contributed by atoms with van der Waals surface area (Å²) >= 11 is 11.7. The van der Waals surface area contributed by atoms with Gasteiger partial charge in [-0.25, -0.2) is 0 Å². The number of rotatable bonds is 3. The van der Waals surface area contributed by atoms with E-state index in [1.807, 2.05) is 0 Å². The van der Waals surface area contributed by atoms with Crippen molar-refractivity contribution in [2.24, 2.45) is 0 Å². The van der Waals surface area contributed by atoms with E-state index in [9.17, 15) is 10.4 Å². The molecule has 0 atom stereocenters. The molecule has 5 heteroatoms. The molecule has 0 amide bonds. The van der Waals surface area contributed by atoms with Crippen molar-refractivity contribution in [2.75, 3.05) is 5.32 Å². The van der Waals surface area contributed by atoms with Crippen LogP contribution in [0.25, 0.3) is 5.57 Å². The van der Waals surface area contributed by atoms with Crippen LogP contribution in [0.4, 0.5) is 5.69 Å². The highest BCUT2D eigenvalue weighted by molar-refractivity contribution is 6.31. The Labute approximate surface area is 126 Å². The second-order valence-electron chi connectivity index (χ2n) is 3.98. The molecule has 3 nitrogen and oxygen atoms in total. The van der Waals surface area contributed by atoms with Crippen LogP contribution in [-0.4, -0.2) is 5.11 Å². The average molecular weight is 305 g/mol. The van der Waals surface area contributed by atoms with Gasteiger partial charge < -0.3 is 10.4 Å². The molecule has 2 aromatic rings. The zero-order valence-corrected chi connectivity index (χ0v) is 11.8. The van der Waals surface area contributed by atoms with Crippen molar-refractivity contribution in [3.63, 3.8) is 0 Å². The molecule has 0 fully saturated rings. The molecule has 100 valence electrons. The first-order chi connectivity index (χ1) is 9.60. The Balaban J connectivity index is 2.26. The van der Waals surface area contributed by atoms with Crippen LogP contribution in [0.15, 0.2) is 48.7 Å². The average Bonchev–Trinajstić information content (AvgIpc) is 2.45. The third-order valence-electron chi connectivity index (χ3n) is 2.61. The van der Waals surface area contributed by atoms with Crippen LogP contribution in [0.1, 0.15) is 5.56 Å². The summed E-state index contributed by atoms with van der Waals surface area (Å²) in [6.45, 7) is 0. The predicted octanol–water partition coefficient (Wildman–Crippen LogP) is 4.68. The second-order valence-corrected chi connectivity index (χ2v) is 4.86. The quantitative estimate of drug-likeness (QED) is 0.639. The predicted molar refractivity (Wildman–Crippen MR) is 81.8 cm³/mol. The number of hydrogen-bond donors (Lipinski definition) is 2. The zero-order valence-electron chi connectivity index (χ0n) is 10.3. The monoisotopic (exact) mass is 304 g/mol. The first kappa shape index (κ1) is 14.3. The van der Waals surface area contributed by atoms with Crippen LogP contribution < -0.4 is 5.32 Å². The third-order valence-corrected chi connectivity index (χ3v) is 3.09. The lowest BCUT2D eigenvalue weighted by molar-refractivity contribution is 0.478. The van der Waals surface area contributed by atoms with Crippen molar-refractivity contribution < 1.29 is 5.11 Å². The molecule has 0 unspecified atom stereocenters. The molecule has 0 radical (unpaired) electrons. The van der Waals surface area contributed by atoms with E-state index in [2.05, 4.69) is 11.4 Å². The minimum Gasteiger partial charge on any atom is -0.506 e. The first-order valence-electron chi connectivity index (χ1n) is 5.71. The van der Waals surface area contributed by atoms with Crippen LogP contribution in [0.3, 0.4) is 0 Å². The molecule has 2 N–H and O–H groups in total. The summed E-state index contributed by atoms with van der Waals surface area (Å²) in [7, 11) is 0. The number of allylic oxidation sites excluding steroid dienone is 1. The maximum Gasteiger partial charge on any atom is 0.139 e. The van der Waals surface area contributed by atoms with Gasteiger partial charge in [0.2, 0.25) is 0 Å².